The zero-order valence-electron chi connectivity index (χ0n) is 15.9. The standard InChI is InChI=1S/C21H21F2N3O2S/c1-21(17-14(22)7-4-8-15(17)23)26-18(19(29-21)16-9-2-3-11-28-16)20(27)25-13-6-5-10-24-12-13/h4-8,10,12,16,26H,2-3,9,11H2,1H3,(H,25,27). The van der Waals surface area contributed by atoms with E-state index in [2.05, 4.69) is 15.6 Å². The lowest BCUT2D eigenvalue weighted by atomic mass is 10.0. The second-order valence-corrected chi connectivity index (χ2v) is 8.61. The maximum atomic E-state index is 14.5. The Morgan fingerprint density at radius 1 is 1.28 bits per heavy atom. The summed E-state index contributed by atoms with van der Waals surface area (Å²) in [5.74, 6) is -1.72. The number of anilines is 1. The predicted octanol–water partition coefficient (Wildman–Crippen LogP) is 4.29. The Kier molecular flexibility index (Phi) is 5.56. The minimum atomic E-state index is -1.17. The molecule has 5 nitrogen and oxygen atoms in total. The summed E-state index contributed by atoms with van der Waals surface area (Å²) in [5.41, 5.74) is 0.699. The molecule has 29 heavy (non-hydrogen) atoms. The van der Waals surface area contributed by atoms with Crippen molar-refractivity contribution in [2.24, 2.45) is 0 Å². The monoisotopic (exact) mass is 417 g/mol. The average Bonchev–Trinajstić information content (AvgIpc) is 3.08. The number of benzene rings is 1. The van der Waals surface area contributed by atoms with E-state index in [1.807, 2.05) is 0 Å². The molecule has 0 aliphatic carbocycles. The fraction of sp³-hybridized carbons (Fsp3) is 0.333. The van der Waals surface area contributed by atoms with E-state index >= 15 is 0 Å². The number of rotatable bonds is 4. The molecule has 0 radical (unpaired) electrons. The highest BCUT2D eigenvalue weighted by Gasteiger charge is 2.45. The lowest BCUT2D eigenvalue weighted by Crippen LogP contribution is -2.37. The number of carbonyl (C=O) groups excluding carboxylic acids is 1. The molecule has 0 spiro atoms. The van der Waals surface area contributed by atoms with Gasteiger partial charge >= 0.3 is 0 Å². The van der Waals surface area contributed by atoms with Gasteiger partial charge in [-0.05, 0) is 50.5 Å². The fourth-order valence-corrected chi connectivity index (χ4v) is 5.09. The Labute approximate surface area is 171 Å². The largest absolute Gasteiger partial charge is 0.373 e. The van der Waals surface area contributed by atoms with Crippen LogP contribution in [-0.4, -0.2) is 23.6 Å². The van der Waals surface area contributed by atoms with Crippen LogP contribution in [-0.2, 0) is 14.4 Å². The van der Waals surface area contributed by atoms with Gasteiger partial charge in [0, 0.05) is 17.7 Å². The topological polar surface area (TPSA) is 63.2 Å². The normalized spacial score (nSPS) is 24.3. The second kappa shape index (κ2) is 8.12. The zero-order chi connectivity index (χ0) is 20.4. The van der Waals surface area contributed by atoms with Crippen LogP contribution in [0.4, 0.5) is 14.5 Å². The molecule has 4 rings (SSSR count). The van der Waals surface area contributed by atoms with Crippen LogP contribution in [0.5, 0.6) is 0 Å². The van der Waals surface area contributed by atoms with Gasteiger partial charge < -0.3 is 15.4 Å². The smallest absolute Gasteiger partial charge is 0.272 e. The summed E-state index contributed by atoms with van der Waals surface area (Å²) in [7, 11) is 0. The van der Waals surface area contributed by atoms with E-state index in [0.717, 1.165) is 19.3 Å². The average molecular weight is 417 g/mol. The molecule has 2 atom stereocenters. The molecule has 1 fully saturated rings. The lowest BCUT2D eigenvalue weighted by molar-refractivity contribution is -0.113. The van der Waals surface area contributed by atoms with Crippen LogP contribution >= 0.6 is 11.8 Å². The maximum absolute atomic E-state index is 14.5. The minimum absolute atomic E-state index is 0.109. The van der Waals surface area contributed by atoms with E-state index in [0.29, 0.717) is 17.2 Å². The lowest BCUT2D eigenvalue weighted by Gasteiger charge is -2.28. The van der Waals surface area contributed by atoms with Crippen LogP contribution in [0.25, 0.3) is 0 Å². The Hall–Kier alpha value is -2.45. The van der Waals surface area contributed by atoms with Crippen LogP contribution < -0.4 is 10.6 Å². The quantitative estimate of drug-likeness (QED) is 0.777. The number of ether oxygens (including phenoxy) is 1. The van der Waals surface area contributed by atoms with E-state index in [4.69, 9.17) is 4.74 Å². The Bertz CT molecular complexity index is 928. The highest BCUT2D eigenvalue weighted by molar-refractivity contribution is 8.04. The number of nitrogens with one attached hydrogen (secondary N) is 2. The van der Waals surface area contributed by atoms with Gasteiger partial charge in [0.15, 0.2) is 0 Å². The molecule has 1 amide bonds. The van der Waals surface area contributed by atoms with Crippen molar-refractivity contribution < 1.29 is 18.3 Å². The number of amides is 1. The highest BCUT2D eigenvalue weighted by atomic mass is 32.2. The summed E-state index contributed by atoms with van der Waals surface area (Å²) in [5, 5.41) is 5.88. The van der Waals surface area contributed by atoms with Gasteiger partial charge in [0.05, 0.1) is 23.6 Å². The summed E-state index contributed by atoms with van der Waals surface area (Å²) in [6, 6.07) is 7.20. The summed E-state index contributed by atoms with van der Waals surface area (Å²) in [6.45, 7) is 2.27. The van der Waals surface area contributed by atoms with Gasteiger partial charge in [-0.15, -0.1) is 0 Å². The van der Waals surface area contributed by atoms with Crippen molar-refractivity contribution in [2.75, 3.05) is 11.9 Å². The number of hydrogen-bond donors (Lipinski definition) is 2. The van der Waals surface area contributed by atoms with E-state index in [1.54, 1.807) is 25.3 Å². The number of thioether (sulfide) groups is 1. The molecule has 2 aliphatic heterocycles. The first kappa shape index (κ1) is 19.8. The van der Waals surface area contributed by atoms with Gasteiger partial charge in [0.1, 0.15) is 22.2 Å². The van der Waals surface area contributed by atoms with E-state index in [-0.39, 0.29) is 17.4 Å². The Morgan fingerprint density at radius 2 is 2.07 bits per heavy atom. The van der Waals surface area contributed by atoms with Crippen LogP contribution in [0.2, 0.25) is 0 Å². The molecule has 3 heterocycles. The van der Waals surface area contributed by atoms with Crippen molar-refractivity contribution in [1.82, 2.24) is 10.3 Å². The molecule has 2 unspecified atom stereocenters. The molecular weight excluding hydrogens is 396 g/mol. The van der Waals surface area contributed by atoms with Crippen LogP contribution in [0.1, 0.15) is 31.7 Å². The molecule has 8 heteroatoms. The second-order valence-electron chi connectivity index (χ2n) is 7.15. The highest BCUT2D eigenvalue weighted by Crippen LogP contribution is 2.49. The first-order chi connectivity index (χ1) is 14.0. The third kappa shape index (κ3) is 4.00. The first-order valence-corrected chi connectivity index (χ1v) is 10.3. The predicted molar refractivity (Wildman–Crippen MR) is 108 cm³/mol. The number of aromatic nitrogens is 1. The summed E-state index contributed by atoms with van der Waals surface area (Å²) in [4.78, 5) is 16.5. The molecule has 1 aromatic carbocycles. The number of nitrogens with zero attached hydrogens (tertiary/aromatic N) is 1. The Morgan fingerprint density at radius 3 is 2.72 bits per heavy atom. The van der Waals surface area contributed by atoms with Crippen LogP contribution in [0.15, 0.2) is 53.3 Å². The van der Waals surface area contributed by atoms with Crippen molar-refractivity contribution in [3.63, 3.8) is 0 Å². The molecular formula is C21H21F2N3O2S. The zero-order valence-corrected chi connectivity index (χ0v) is 16.7. The number of pyridine rings is 1. The van der Waals surface area contributed by atoms with Crippen molar-refractivity contribution in [3.05, 3.63) is 70.5 Å². The summed E-state index contributed by atoms with van der Waals surface area (Å²) in [6.07, 6.45) is 5.54. The van der Waals surface area contributed by atoms with Crippen LogP contribution in [0, 0.1) is 11.6 Å². The van der Waals surface area contributed by atoms with E-state index in [1.165, 1.54) is 36.2 Å². The van der Waals surface area contributed by atoms with Gasteiger partial charge in [-0.25, -0.2) is 8.78 Å². The number of hydrogen-bond acceptors (Lipinski definition) is 5. The minimum Gasteiger partial charge on any atom is -0.373 e. The Balaban J connectivity index is 1.69. The number of carbonyl (C=O) groups is 1. The van der Waals surface area contributed by atoms with Crippen LogP contribution in [0.3, 0.4) is 0 Å². The van der Waals surface area contributed by atoms with E-state index < -0.39 is 22.4 Å². The summed E-state index contributed by atoms with van der Waals surface area (Å²) >= 11 is 1.23. The van der Waals surface area contributed by atoms with Gasteiger partial charge in [-0.2, -0.15) is 0 Å². The third-order valence-corrected chi connectivity index (χ3v) is 6.38. The van der Waals surface area contributed by atoms with Gasteiger partial charge in [0.2, 0.25) is 0 Å². The molecule has 0 saturated carbocycles. The van der Waals surface area contributed by atoms with Gasteiger partial charge in [-0.3, -0.25) is 9.78 Å². The molecule has 2 aliphatic rings. The third-order valence-electron chi connectivity index (χ3n) is 4.98. The summed E-state index contributed by atoms with van der Waals surface area (Å²) < 4.78 is 35.0. The number of halogens is 2. The molecule has 152 valence electrons. The van der Waals surface area contributed by atoms with Crippen molar-refractivity contribution >= 4 is 23.4 Å². The maximum Gasteiger partial charge on any atom is 0.272 e. The van der Waals surface area contributed by atoms with Gasteiger partial charge in [-0.1, -0.05) is 17.8 Å². The van der Waals surface area contributed by atoms with Gasteiger partial charge in [0.25, 0.3) is 5.91 Å². The van der Waals surface area contributed by atoms with Crippen molar-refractivity contribution in [3.8, 4) is 0 Å². The molecule has 2 aromatic rings. The fourth-order valence-electron chi connectivity index (χ4n) is 3.64. The first-order valence-electron chi connectivity index (χ1n) is 9.47. The molecule has 0 bridgehead atoms. The van der Waals surface area contributed by atoms with Crippen molar-refractivity contribution in [2.45, 2.75) is 37.2 Å². The molecule has 1 saturated heterocycles. The molecule has 2 N–H and O–H groups in total. The molecule has 1 aromatic heterocycles. The van der Waals surface area contributed by atoms with E-state index in [9.17, 15) is 13.6 Å². The van der Waals surface area contributed by atoms with Crippen molar-refractivity contribution in [1.29, 1.82) is 0 Å². The SMILES string of the molecule is CC1(c2c(F)cccc2F)NC(C(=O)Nc2cccnc2)=C(C2CCCCO2)S1.